The molecule has 0 N–H and O–H groups in total. The molecule has 0 unspecified atom stereocenters. The average Bonchev–Trinajstić information content (AvgIpc) is 3.51. The van der Waals surface area contributed by atoms with Gasteiger partial charge in [-0.05, 0) is 55.1 Å². The molecular formula is C25H25ClN4O3S. The third-order valence-electron chi connectivity index (χ3n) is 5.26. The van der Waals surface area contributed by atoms with Gasteiger partial charge in [0, 0.05) is 18.0 Å². The standard InChI is InChI=1S/C25H25ClN4O3S/c1-4-29(25(31)24-27-17(2)30(28-24)21-10-6-5-9-20(21)26)15-18-11-12-22(23(14-18)32-3)33-16-19-8-7-13-34-19/h5-14H,4,15-16H2,1-3H3. The molecule has 7 nitrogen and oxygen atoms in total. The molecule has 0 saturated heterocycles. The lowest BCUT2D eigenvalue weighted by molar-refractivity contribution is 0.0740. The first-order valence-corrected chi connectivity index (χ1v) is 12.1. The highest BCUT2D eigenvalue weighted by atomic mass is 35.5. The van der Waals surface area contributed by atoms with Crippen LogP contribution in [0.5, 0.6) is 11.5 Å². The largest absolute Gasteiger partial charge is 0.493 e. The SMILES string of the molecule is CCN(Cc1ccc(OCc2cccs2)c(OC)c1)C(=O)c1nc(C)n(-c2ccccc2Cl)n1. The zero-order chi connectivity index (χ0) is 24.1. The van der Waals surface area contributed by atoms with Crippen molar-refractivity contribution in [2.24, 2.45) is 0 Å². The molecule has 0 fully saturated rings. The molecule has 2 heterocycles. The summed E-state index contributed by atoms with van der Waals surface area (Å²) in [6, 6.07) is 17.0. The van der Waals surface area contributed by atoms with Crippen LogP contribution in [0.1, 0.15) is 33.8 Å². The van der Waals surface area contributed by atoms with Crippen molar-refractivity contribution in [1.82, 2.24) is 19.7 Å². The van der Waals surface area contributed by atoms with E-state index in [4.69, 9.17) is 21.1 Å². The molecule has 0 radical (unpaired) electrons. The lowest BCUT2D eigenvalue weighted by Crippen LogP contribution is -2.31. The minimum absolute atomic E-state index is 0.127. The number of methoxy groups -OCH3 is 1. The topological polar surface area (TPSA) is 69.5 Å². The highest BCUT2D eigenvalue weighted by Gasteiger charge is 2.22. The molecule has 0 aliphatic rings. The van der Waals surface area contributed by atoms with Crippen LogP contribution in [0.2, 0.25) is 5.02 Å². The summed E-state index contributed by atoms with van der Waals surface area (Å²) in [4.78, 5) is 20.4. The first kappa shape index (κ1) is 23.8. The molecule has 2 aromatic carbocycles. The van der Waals surface area contributed by atoms with Crippen LogP contribution in [-0.2, 0) is 13.2 Å². The average molecular weight is 497 g/mol. The third kappa shape index (κ3) is 5.24. The Kier molecular flexibility index (Phi) is 7.49. The maximum atomic E-state index is 13.2. The van der Waals surface area contributed by atoms with E-state index in [9.17, 15) is 4.79 Å². The highest BCUT2D eigenvalue weighted by molar-refractivity contribution is 7.09. The summed E-state index contributed by atoms with van der Waals surface area (Å²) in [5.74, 6) is 1.73. The molecule has 0 aliphatic carbocycles. The number of hydrogen-bond acceptors (Lipinski definition) is 6. The lowest BCUT2D eigenvalue weighted by Gasteiger charge is -2.20. The number of aromatic nitrogens is 3. The quantitative estimate of drug-likeness (QED) is 0.304. The van der Waals surface area contributed by atoms with Gasteiger partial charge in [-0.2, -0.15) is 0 Å². The number of ether oxygens (including phenoxy) is 2. The van der Waals surface area contributed by atoms with Crippen LogP contribution >= 0.6 is 22.9 Å². The number of amides is 1. The van der Waals surface area contributed by atoms with E-state index in [0.717, 1.165) is 10.4 Å². The van der Waals surface area contributed by atoms with Gasteiger partial charge >= 0.3 is 0 Å². The molecule has 4 rings (SSSR count). The molecule has 176 valence electrons. The second-order valence-electron chi connectivity index (χ2n) is 7.52. The van der Waals surface area contributed by atoms with Gasteiger partial charge < -0.3 is 14.4 Å². The Bertz CT molecular complexity index is 1270. The van der Waals surface area contributed by atoms with Crippen LogP contribution in [0, 0.1) is 6.92 Å². The molecule has 0 bridgehead atoms. The summed E-state index contributed by atoms with van der Waals surface area (Å²) in [5, 5.41) is 6.99. The van der Waals surface area contributed by atoms with E-state index >= 15 is 0 Å². The normalized spacial score (nSPS) is 10.8. The summed E-state index contributed by atoms with van der Waals surface area (Å²) in [5.41, 5.74) is 1.59. The maximum absolute atomic E-state index is 13.2. The number of nitrogens with zero attached hydrogens (tertiary/aromatic N) is 4. The molecule has 1 amide bonds. The van der Waals surface area contributed by atoms with Crippen LogP contribution in [0.15, 0.2) is 60.0 Å². The summed E-state index contributed by atoms with van der Waals surface area (Å²) in [6.07, 6.45) is 0. The Morgan fingerprint density at radius 2 is 1.97 bits per heavy atom. The monoisotopic (exact) mass is 496 g/mol. The van der Waals surface area contributed by atoms with E-state index in [1.807, 2.05) is 60.8 Å². The van der Waals surface area contributed by atoms with Gasteiger partial charge in [0.2, 0.25) is 5.82 Å². The molecule has 34 heavy (non-hydrogen) atoms. The number of hydrogen-bond donors (Lipinski definition) is 0. The molecule has 9 heteroatoms. The van der Waals surface area contributed by atoms with Gasteiger partial charge in [-0.15, -0.1) is 16.4 Å². The minimum Gasteiger partial charge on any atom is -0.493 e. The van der Waals surface area contributed by atoms with E-state index in [1.165, 1.54) is 0 Å². The number of benzene rings is 2. The van der Waals surface area contributed by atoms with Crippen molar-refractivity contribution in [1.29, 1.82) is 0 Å². The van der Waals surface area contributed by atoms with Gasteiger partial charge in [-0.1, -0.05) is 35.9 Å². The van der Waals surface area contributed by atoms with Crippen LogP contribution < -0.4 is 9.47 Å². The first-order valence-electron chi connectivity index (χ1n) is 10.8. The van der Waals surface area contributed by atoms with Crippen LogP contribution in [0.3, 0.4) is 0 Å². The van der Waals surface area contributed by atoms with Crippen molar-refractivity contribution in [2.45, 2.75) is 27.0 Å². The van der Waals surface area contributed by atoms with Crippen molar-refractivity contribution in [3.8, 4) is 17.2 Å². The summed E-state index contributed by atoms with van der Waals surface area (Å²) < 4.78 is 13.0. The van der Waals surface area contributed by atoms with Crippen LogP contribution in [-0.4, -0.2) is 39.2 Å². The number of halogens is 1. The fourth-order valence-electron chi connectivity index (χ4n) is 3.49. The summed E-state index contributed by atoms with van der Waals surface area (Å²) in [6.45, 7) is 5.08. The second kappa shape index (κ2) is 10.7. The van der Waals surface area contributed by atoms with E-state index < -0.39 is 0 Å². The number of para-hydroxylation sites is 1. The summed E-state index contributed by atoms with van der Waals surface area (Å²) >= 11 is 7.95. The first-order chi connectivity index (χ1) is 16.5. The van der Waals surface area contributed by atoms with E-state index in [-0.39, 0.29) is 11.7 Å². The third-order valence-corrected chi connectivity index (χ3v) is 6.43. The molecular weight excluding hydrogens is 472 g/mol. The van der Waals surface area contributed by atoms with Gasteiger partial charge in [0.1, 0.15) is 12.4 Å². The fourth-order valence-corrected chi connectivity index (χ4v) is 4.33. The van der Waals surface area contributed by atoms with Crippen molar-refractivity contribution < 1.29 is 14.3 Å². The fraction of sp³-hybridized carbons (Fsp3) is 0.240. The molecule has 0 spiro atoms. The molecule has 2 aromatic heterocycles. The predicted molar refractivity (Wildman–Crippen MR) is 133 cm³/mol. The zero-order valence-electron chi connectivity index (χ0n) is 19.2. The smallest absolute Gasteiger partial charge is 0.293 e. The molecule has 0 atom stereocenters. The Morgan fingerprint density at radius 1 is 1.15 bits per heavy atom. The Balaban J connectivity index is 1.50. The number of carbonyl (C=O) groups is 1. The molecule has 4 aromatic rings. The van der Waals surface area contributed by atoms with Crippen molar-refractivity contribution in [3.05, 3.63) is 87.1 Å². The number of rotatable bonds is 9. The molecule has 0 saturated carbocycles. The Morgan fingerprint density at radius 3 is 2.68 bits per heavy atom. The second-order valence-corrected chi connectivity index (χ2v) is 8.96. The predicted octanol–water partition coefficient (Wildman–Crippen LogP) is 5.54. The summed E-state index contributed by atoms with van der Waals surface area (Å²) in [7, 11) is 1.61. The van der Waals surface area contributed by atoms with E-state index in [0.29, 0.717) is 47.7 Å². The van der Waals surface area contributed by atoms with Crippen molar-refractivity contribution >= 4 is 28.8 Å². The minimum atomic E-state index is -0.256. The van der Waals surface area contributed by atoms with Gasteiger partial charge in [-0.3, -0.25) is 4.79 Å². The Labute approximate surface area is 207 Å². The number of thiophene rings is 1. The molecule has 0 aliphatic heterocycles. The van der Waals surface area contributed by atoms with E-state index in [1.54, 1.807) is 41.0 Å². The van der Waals surface area contributed by atoms with Crippen molar-refractivity contribution in [3.63, 3.8) is 0 Å². The van der Waals surface area contributed by atoms with Crippen LogP contribution in [0.4, 0.5) is 0 Å². The Hall–Kier alpha value is -3.36. The zero-order valence-corrected chi connectivity index (χ0v) is 20.8. The van der Waals surface area contributed by atoms with Gasteiger partial charge in [0.05, 0.1) is 17.8 Å². The van der Waals surface area contributed by atoms with Crippen molar-refractivity contribution in [2.75, 3.05) is 13.7 Å². The highest BCUT2D eigenvalue weighted by Crippen LogP contribution is 2.30. The van der Waals surface area contributed by atoms with Gasteiger partial charge in [-0.25, -0.2) is 9.67 Å². The van der Waals surface area contributed by atoms with Crippen LogP contribution in [0.25, 0.3) is 5.69 Å². The number of carbonyl (C=O) groups excluding carboxylic acids is 1. The maximum Gasteiger partial charge on any atom is 0.293 e. The number of aryl methyl sites for hydroxylation is 1. The lowest BCUT2D eigenvalue weighted by atomic mass is 10.2. The van der Waals surface area contributed by atoms with Gasteiger partial charge in [0.15, 0.2) is 11.5 Å². The van der Waals surface area contributed by atoms with E-state index in [2.05, 4.69) is 10.1 Å². The van der Waals surface area contributed by atoms with Gasteiger partial charge in [0.25, 0.3) is 5.91 Å².